The number of aromatic nitrogens is 2. The smallest absolute Gasteiger partial charge is 0.271 e. The lowest BCUT2D eigenvalue weighted by atomic mass is 9.99. The number of rotatable bonds is 6. The Balaban J connectivity index is 1.56. The molecule has 28 heavy (non-hydrogen) atoms. The molecule has 0 radical (unpaired) electrons. The Labute approximate surface area is 163 Å². The summed E-state index contributed by atoms with van der Waals surface area (Å²) in [6, 6.07) is 14.8. The first-order chi connectivity index (χ1) is 13.7. The van der Waals surface area contributed by atoms with Crippen LogP contribution < -0.4 is 4.90 Å². The lowest BCUT2D eigenvalue weighted by Crippen LogP contribution is -2.25. The van der Waals surface area contributed by atoms with E-state index in [1.54, 1.807) is 18.3 Å². The van der Waals surface area contributed by atoms with Gasteiger partial charge in [0.2, 0.25) is 0 Å². The number of nitro benzene ring substituents is 1. The number of hydrogen-bond acceptors (Lipinski definition) is 5. The van der Waals surface area contributed by atoms with Crippen LogP contribution >= 0.6 is 0 Å². The Morgan fingerprint density at radius 1 is 1.04 bits per heavy atom. The van der Waals surface area contributed by atoms with Gasteiger partial charge in [0.15, 0.2) is 0 Å². The molecule has 0 N–H and O–H groups in total. The fourth-order valence-corrected chi connectivity index (χ4v) is 3.50. The zero-order chi connectivity index (χ0) is 19.3. The van der Waals surface area contributed by atoms with Gasteiger partial charge in [-0.05, 0) is 60.7 Å². The van der Waals surface area contributed by atoms with Crippen LogP contribution in [0.15, 0.2) is 72.7 Å². The average molecular weight is 372 g/mol. The monoisotopic (exact) mass is 372 g/mol. The molecule has 0 saturated carbocycles. The van der Waals surface area contributed by atoms with Crippen LogP contribution in [0.25, 0.3) is 6.08 Å². The first kappa shape index (κ1) is 17.9. The summed E-state index contributed by atoms with van der Waals surface area (Å²) in [5.41, 5.74) is 4.49. The van der Waals surface area contributed by atoms with Crippen molar-refractivity contribution in [3.63, 3.8) is 0 Å². The van der Waals surface area contributed by atoms with Gasteiger partial charge in [-0.3, -0.25) is 15.1 Å². The molecule has 6 heteroatoms. The molecule has 0 atom stereocenters. The first-order valence-corrected chi connectivity index (χ1v) is 9.26. The Bertz CT molecular complexity index is 1020. The number of hydrogen-bond donors (Lipinski definition) is 0. The molecule has 1 aromatic carbocycles. The van der Waals surface area contributed by atoms with Crippen molar-refractivity contribution in [2.45, 2.75) is 19.3 Å². The third-order valence-electron chi connectivity index (χ3n) is 4.86. The summed E-state index contributed by atoms with van der Waals surface area (Å²) in [6.45, 7) is 0.682. The minimum atomic E-state index is -0.363. The van der Waals surface area contributed by atoms with Crippen molar-refractivity contribution in [2.75, 3.05) is 11.4 Å². The Morgan fingerprint density at radius 2 is 1.89 bits per heavy atom. The van der Waals surface area contributed by atoms with Gasteiger partial charge >= 0.3 is 0 Å². The summed E-state index contributed by atoms with van der Waals surface area (Å²) in [6.07, 6.45) is 10.6. The molecule has 1 aliphatic rings. The fourth-order valence-electron chi connectivity index (χ4n) is 3.50. The van der Waals surface area contributed by atoms with Gasteiger partial charge < -0.3 is 4.90 Å². The molecule has 0 aliphatic carbocycles. The van der Waals surface area contributed by atoms with Crippen molar-refractivity contribution < 1.29 is 4.92 Å². The third kappa shape index (κ3) is 3.91. The van der Waals surface area contributed by atoms with Gasteiger partial charge in [0.25, 0.3) is 5.69 Å². The molecule has 0 saturated heterocycles. The predicted octanol–water partition coefficient (Wildman–Crippen LogP) is 4.94. The number of anilines is 2. The molecule has 3 heterocycles. The van der Waals surface area contributed by atoms with Gasteiger partial charge in [0, 0.05) is 48.5 Å². The van der Waals surface area contributed by atoms with Gasteiger partial charge in [-0.25, -0.2) is 4.98 Å². The second kappa shape index (κ2) is 8.00. The Kier molecular flexibility index (Phi) is 5.10. The summed E-state index contributed by atoms with van der Waals surface area (Å²) in [5.74, 6) is 0.834. The summed E-state index contributed by atoms with van der Waals surface area (Å²) in [5, 5.41) is 11.2. The van der Waals surface area contributed by atoms with Crippen LogP contribution in [0.1, 0.15) is 24.0 Å². The van der Waals surface area contributed by atoms with Crippen molar-refractivity contribution in [1.29, 1.82) is 0 Å². The van der Waals surface area contributed by atoms with Crippen LogP contribution in [0, 0.1) is 10.1 Å². The predicted molar refractivity (Wildman–Crippen MR) is 109 cm³/mol. The number of benzene rings is 1. The third-order valence-corrected chi connectivity index (χ3v) is 4.86. The van der Waals surface area contributed by atoms with Crippen LogP contribution in [0.2, 0.25) is 0 Å². The summed E-state index contributed by atoms with van der Waals surface area (Å²) in [4.78, 5) is 21.5. The zero-order valence-corrected chi connectivity index (χ0v) is 15.4. The molecule has 2 aromatic heterocycles. The van der Waals surface area contributed by atoms with Crippen LogP contribution in [0.5, 0.6) is 0 Å². The quantitative estimate of drug-likeness (QED) is 0.452. The fraction of sp³-hybridized carbons (Fsp3) is 0.182. The van der Waals surface area contributed by atoms with Crippen molar-refractivity contribution in [1.82, 2.24) is 9.97 Å². The van der Waals surface area contributed by atoms with Crippen molar-refractivity contribution >= 4 is 23.3 Å². The molecule has 6 nitrogen and oxygen atoms in total. The van der Waals surface area contributed by atoms with Gasteiger partial charge in [0.1, 0.15) is 5.82 Å². The highest BCUT2D eigenvalue weighted by Crippen LogP contribution is 2.35. The highest BCUT2D eigenvalue weighted by molar-refractivity contribution is 5.77. The minimum Gasteiger partial charge on any atom is -0.322 e. The summed E-state index contributed by atoms with van der Waals surface area (Å²) >= 11 is 0. The van der Waals surface area contributed by atoms with E-state index in [1.165, 1.54) is 17.2 Å². The highest BCUT2D eigenvalue weighted by atomic mass is 16.6. The average Bonchev–Trinajstić information content (AvgIpc) is 2.74. The van der Waals surface area contributed by atoms with E-state index in [-0.39, 0.29) is 10.6 Å². The topological polar surface area (TPSA) is 72.2 Å². The minimum absolute atomic E-state index is 0.0868. The summed E-state index contributed by atoms with van der Waals surface area (Å²) in [7, 11) is 0. The molecule has 0 amide bonds. The SMILES string of the molecule is O=[N+]([O-])c1cccc(N2CC(CCCc3ccncc3)=Cc3cccnc32)c1. The van der Waals surface area contributed by atoms with Crippen molar-refractivity contribution in [3.05, 3.63) is 93.9 Å². The number of nitrogens with zero attached hydrogens (tertiary/aromatic N) is 4. The maximum Gasteiger partial charge on any atom is 0.271 e. The van der Waals surface area contributed by atoms with E-state index in [4.69, 9.17) is 0 Å². The van der Waals surface area contributed by atoms with Crippen molar-refractivity contribution in [2.24, 2.45) is 0 Å². The second-order valence-corrected chi connectivity index (χ2v) is 6.79. The standard InChI is InChI=1S/C22H20N4O2/c27-26(28)21-8-2-7-20(15-21)25-16-18(14-19-6-3-11-24-22(19)25)5-1-4-17-9-12-23-13-10-17/h2-3,6-15H,1,4-5,16H2. The Morgan fingerprint density at radius 3 is 2.71 bits per heavy atom. The van der Waals surface area contributed by atoms with Crippen LogP contribution in [-0.4, -0.2) is 21.4 Å². The molecule has 3 aromatic rings. The maximum absolute atomic E-state index is 11.2. The molecule has 4 rings (SSSR count). The molecular weight excluding hydrogens is 352 g/mol. The van der Waals surface area contributed by atoms with E-state index < -0.39 is 0 Å². The number of pyridine rings is 2. The van der Waals surface area contributed by atoms with E-state index in [2.05, 4.69) is 20.9 Å². The normalized spacial score (nSPS) is 13.0. The maximum atomic E-state index is 11.2. The van der Waals surface area contributed by atoms with Gasteiger partial charge in [0.05, 0.1) is 4.92 Å². The van der Waals surface area contributed by atoms with Crippen LogP contribution in [-0.2, 0) is 6.42 Å². The first-order valence-electron chi connectivity index (χ1n) is 9.26. The molecule has 0 spiro atoms. The largest absolute Gasteiger partial charge is 0.322 e. The molecule has 1 aliphatic heterocycles. The molecule has 0 unspecified atom stereocenters. The molecule has 0 bridgehead atoms. The molecular formula is C22H20N4O2. The lowest BCUT2D eigenvalue weighted by Gasteiger charge is -2.30. The number of aryl methyl sites for hydroxylation is 1. The zero-order valence-electron chi connectivity index (χ0n) is 15.4. The lowest BCUT2D eigenvalue weighted by molar-refractivity contribution is -0.384. The van der Waals surface area contributed by atoms with Crippen molar-refractivity contribution in [3.8, 4) is 0 Å². The van der Waals surface area contributed by atoms with Crippen LogP contribution in [0.4, 0.5) is 17.2 Å². The highest BCUT2D eigenvalue weighted by Gasteiger charge is 2.21. The second-order valence-electron chi connectivity index (χ2n) is 6.79. The van der Waals surface area contributed by atoms with E-state index in [0.29, 0.717) is 6.54 Å². The number of nitro groups is 1. The van der Waals surface area contributed by atoms with Gasteiger partial charge in [-0.15, -0.1) is 0 Å². The number of fused-ring (bicyclic) bond motifs is 1. The number of non-ortho nitro benzene ring substituents is 1. The molecule has 140 valence electrons. The Hall–Kier alpha value is -3.54. The molecule has 0 fully saturated rings. The van der Waals surface area contributed by atoms with Gasteiger partial charge in [-0.2, -0.15) is 0 Å². The van der Waals surface area contributed by atoms with E-state index in [1.807, 2.05) is 42.7 Å². The van der Waals surface area contributed by atoms with Crippen LogP contribution in [0.3, 0.4) is 0 Å². The van der Waals surface area contributed by atoms with E-state index in [0.717, 1.165) is 36.3 Å². The van der Waals surface area contributed by atoms with Gasteiger partial charge in [-0.1, -0.05) is 12.1 Å². The van der Waals surface area contributed by atoms with E-state index >= 15 is 0 Å². The van der Waals surface area contributed by atoms with E-state index in [9.17, 15) is 10.1 Å². The summed E-state index contributed by atoms with van der Waals surface area (Å²) < 4.78 is 0.